The van der Waals surface area contributed by atoms with Crippen LogP contribution in [0.15, 0.2) is 78.9 Å². The van der Waals surface area contributed by atoms with Crippen LogP contribution in [0.5, 0.6) is 11.5 Å². The van der Waals surface area contributed by atoms with Crippen molar-refractivity contribution in [2.24, 2.45) is 5.92 Å². The maximum atomic E-state index is 13.4. The molecule has 224 valence electrons. The minimum Gasteiger partial charge on any atom is -0.480 e. The summed E-state index contributed by atoms with van der Waals surface area (Å²) >= 11 is 1.48. The van der Waals surface area contributed by atoms with Gasteiger partial charge >= 0.3 is 5.97 Å². The first-order valence-corrected chi connectivity index (χ1v) is 16.2. The molecule has 1 aliphatic carbocycles. The summed E-state index contributed by atoms with van der Waals surface area (Å²) in [5.41, 5.74) is 3.52. The van der Waals surface area contributed by atoms with Gasteiger partial charge in [-0.25, -0.2) is 9.78 Å². The van der Waals surface area contributed by atoms with E-state index in [2.05, 4.69) is 38.2 Å². The molecule has 0 spiro atoms. The molecule has 1 aliphatic rings. The van der Waals surface area contributed by atoms with Crippen LogP contribution in [-0.2, 0) is 22.4 Å². The second-order valence-electron chi connectivity index (χ2n) is 12.4. The predicted octanol–water partition coefficient (Wildman–Crippen LogP) is 8.17. The molecule has 0 unspecified atom stereocenters. The second-order valence-corrected chi connectivity index (χ2v) is 13.5. The van der Waals surface area contributed by atoms with E-state index in [9.17, 15) is 14.7 Å². The number of carbonyl (C=O) groups excluding carboxylic acids is 1. The third-order valence-electron chi connectivity index (χ3n) is 8.03. The predicted molar refractivity (Wildman–Crippen MR) is 174 cm³/mol. The number of nitrogens with one attached hydrogen (secondary N) is 1. The van der Waals surface area contributed by atoms with Crippen LogP contribution in [0.4, 0.5) is 0 Å². The first-order valence-electron chi connectivity index (χ1n) is 15.0. The van der Waals surface area contributed by atoms with Crippen LogP contribution >= 0.6 is 11.8 Å². The summed E-state index contributed by atoms with van der Waals surface area (Å²) in [6.07, 6.45) is 5.49. The summed E-state index contributed by atoms with van der Waals surface area (Å²) in [7, 11) is 0. The van der Waals surface area contributed by atoms with Crippen molar-refractivity contribution in [3.8, 4) is 11.5 Å². The number of thioether (sulfide) groups is 1. The Balaban J connectivity index is 1.36. The quantitative estimate of drug-likeness (QED) is 0.182. The van der Waals surface area contributed by atoms with Crippen LogP contribution in [-0.4, -0.2) is 33.8 Å². The highest BCUT2D eigenvalue weighted by molar-refractivity contribution is 7.98. The van der Waals surface area contributed by atoms with E-state index in [-0.39, 0.29) is 16.9 Å². The summed E-state index contributed by atoms with van der Waals surface area (Å²) in [5, 5.41) is 14.4. The van der Waals surface area contributed by atoms with Crippen molar-refractivity contribution in [3.05, 3.63) is 101 Å². The molecule has 0 bridgehead atoms. The summed E-state index contributed by atoms with van der Waals surface area (Å²) in [6.45, 7) is 6.56. The molecule has 1 amide bonds. The molecule has 1 heterocycles. The Morgan fingerprint density at radius 3 is 2.35 bits per heavy atom. The second kappa shape index (κ2) is 13.6. The fraction of sp³-hybridized carbons (Fsp3) is 0.361. The third kappa shape index (κ3) is 8.17. The number of nitrogens with zero attached hydrogens (tertiary/aromatic N) is 1. The normalized spacial score (nSPS) is 14.5. The number of amides is 1. The van der Waals surface area contributed by atoms with Gasteiger partial charge in [-0.05, 0) is 64.6 Å². The molecule has 1 atom stereocenters. The zero-order valence-corrected chi connectivity index (χ0v) is 26.0. The van der Waals surface area contributed by atoms with Gasteiger partial charge in [0.15, 0.2) is 0 Å². The number of benzene rings is 3. The van der Waals surface area contributed by atoms with E-state index >= 15 is 0 Å². The first-order chi connectivity index (χ1) is 20.7. The van der Waals surface area contributed by atoms with Crippen LogP contribution < -0.4 is 10.1 Å². The molecule has 5 rings (SSSR count). The van der Waals surface area contributed by atoms with Crippen molar-refractivity contribution in [2.45, 2.75) is 70.1 Å². The lowest BCUT2D eigenvalue weighted by atomic mass is 9.87. The number of rotatable bonds is 11. The van der Waals surface area contributed by atoms with Crippen LogP contribution in [0.1, 0.15) is 73.8 Å². The Hall–Kier alpha value is -3.84. The average Bonchev–Trinajstić information content (AvgIpc) is 3.50. The minimum atomic E-state index is -1.06. The summed E-state index contributed by atoms with van der Waals surface area (Å²) in [6, 6.07) is 24.7. The first kappa shape index (κ1) is 30.6. The Morgan fingerprint density at radius 1 is 0.977 bits per heavy atom. The molecule has 6 nitrogen and oxygen atoms in total. The average molecular weight is 597 g/mol. The Labute approximate surface area is 258 Å². The number of carbonyl (C=O) groups is 2. The number of fused-ring (bicyclic) bond motifs is 1. The van der Waals surface area contributed by atoms with E-state index in [0.717, 1.165) is 47.0 Å². The minimum absolute atomic E-state index is 0.0672. The van der Waals surface area contributed by atoms with E-state index in [0.29, 0.717) is 17.4 Å². The van der Waals surface area contributed by atoms with Gasteiger partial charge in [0.2, 0.25) is 0 Å². The van der Waals surface area contributed by atoms with Crippen LogP contribution in [0.3, 0.4) is 0 Å². The van der Waals surface area contributed by atoms with E-state index in [4.69, 9.17) is 9.72 Å². The molecule has 1 aromatic heterocycles. The van der Waals surface area contributed by atoms with Gasteiger partial charge in [0.1, 0.15) is 23.2 Å². The molecule has 1 saturated carbocycles. The highest BCUT2D eigenvalue weighted by Crippen LogP contribution is 2.33. The number of aromatic nitrogens is 1. The number of carboxylic acids is 1. The summed E-state index contributed by atoms with van der Waals surface area (Å²) in [4.78, 5) is 30.2. The molecule has 0 aliphatic heterocycles. The number of aliphatic carboxylic acids is 1. The van der Waals surface area contributed by atoms with Gasteiger partial charge in [-0.3, -0.25) is 4.79 Å². The Kier molecular flexibility index (Phi) is 9.71. The van der Waals surface area contributed by atoms with Crippen LogP contribution in [0.2, 0.25) is 0 Å². The molecule has 2 N–H and O–H groups in total. The monoisotopic (exact) mass is 596 g/mol. The zero-order chi connectivity index (χ0) is 30.4. The number of hydrogen-bond acceptors (Lipinski definition) is 5. The maximum Gasteiger partial charge on any atom is 0.327 e. The molecule has 0 saturated heterocycles. The molecule has 43 heavy (non-hydrogen) atoms. The largest absolute Gasteiger partial charge is 0.480 e. The summed E-state index contributed by atoms with van der Waals surface area (Å²) < 4.78 is 6.23. The van der Waals surface area contributed by atoms with Crippen molar-refractivity contribution in [1.82, 2.24) is 10.3 Å². The highest BCUT2D eigenvalue weighted by atomic mass is 32.2. The molecule has 4 aromatic rings. The van der Waals surface area contributed by atoms with E-state index in [1.807, 2.05) is 60.7 Å². The lowest BCUT2D eigenvalue weighted by Crippen LogP contribution is -2.43. The number of hydrogen-bond donors (Lipinski definition) is 2. The van der Waals surface area contributed by atoms with Crippen molar-refractivity contribution >= 4 is 34.4 Å². The van der Waals surface area contributed by atoms with E-state index < -0.39 is 17.9 Å². The SMILES string of the molecule is CC(C)(C)c1ccc(Oc2ccc3cc(C(=O)N[C@@H](CSCc4ccccc4)C(=O)O)nc(CC4CCCC4)c3c2)cc1. The number of ether oxygens (including phenoxy) is 1. The van der Waals surface area contributed by atoms with Gasteiger partial charge in [-0.15, -0.1) is 0 Å². The Morgan fingerprint density at radius 2 is 1.67 bits per heavy atom. The smallest absolute Gasteiger partial charge is 0.327 e. The molecule has 7 heteroatoms. The third-order valence-corrected chi connectivity index (χ3v) is 9.13. The molecular weight excluding hydrogens is 556 g/mol. The number of pyridine rings is 1. The van der Waals surface area contributed by atoms with Crippen molar-refractivity contribution in [3.63, 3.8) is 0 Å². The Bertz CT molecular complexity index is 1560. The fourth-order valence-electron chi connectivity index (χ4n) is 5.55. The van der Waals surface area contributed by atoms with Gasteiger partial charge in [-0.2, -0.15) is 11.8 Å². The molecule has 0 radical (unpaired) electrons. The lowest BCUT2D eigenvalue weighted by Gasteiger charge is -2.19. The standard InChI is InChI=1S/C36H40N2O4S/c1-36(2,3)27-14-17-28(18-15-27)42-29-16-13-26-20-32(37-31(30(26)21-29)19-24-9-7-8-10-24)34(39)38-33(35(40)41)23-43-22-25-11-5-4-6-12-25/h4-6,11-18,20-21,24,33H,7-10,19,22-23H2,1-3H3,(H,38,39)(H,40,41)/t33-/m0/s1. The number of carboxylic acid groups (broad SMARTS) is 1. The zero-order valence-electron chi connectivity index (χ0n) is 25.1. The maximum absolute atomic E-state index is 13.4. The molecular formula is C36H40N2O4S. The summed E-state index contributed by atoms with van der Waals surface area (Å²) in [5.74, 6) is 1.40. The van der Waals surface area contributed by atoms with Gasteiger partial charge in [0.25, 0.3) is 5.91 Å². The molecule has 3 aromatic carbocycles. The van der Waals surface area contributed by atoms with Gasteiger partial charge in [0.05, 0.1) is 0 Å². The van der Waals surface area contributed by atoms with Crippen molar-refractivity contribution in [1.29, 1.82) is 0 Å². The lowest BCUT2D eigenvalue weighted by molar-refractivity contribution is -0.138. The topological polar surface area (TPSA) is 88.5 Å². The van der Waals surface area contributed by atoms with Gasteiger partial charge in [-0.1, -0.05) is 95.0 Å². The molecule has 1 fully saturated rings. The van der Waals surface area contributed by atoms with Gasteiger partial charge in [0, 0.05) is 22.6 Å². The van der Waals surface area contributed by atoms with Crippen LogP contribution in [0.25, 0.3) is 10.8 Å². The van der Waals surface area contributed by atoms with Crippen molar-refractivity contribution in [2.75, 3.05) is 5.75 Å². The van der Waals surface area contributed by atoms with Crippen LogP contribution in [0, 0.1) is 5.92 Å². The highest BCUT2D eigenvalue weighted by Gasteiger charge is 2.24. The fourth-order valence-corrected chi connectivity index (χ4v) is 6.56. The van der Waals surface area contributed by atoms with Gasteiger partial charge < -0.3 is 15.2 Å². The van der Waals surface area contributed by atoms with E-state index in [1.165, 1.54) is 30.2 Å². The van der Waals surface area contributed by atoms with Crippen molar-refractivity contribution < 1.29 is 19.4 Å². The van der Waals surface area contributed by atoms with E-state index in [1.54, 1.807) is 6.07 Å².